The second-order valence-corrected chi connectivity index (χ2v) is 4.73. The quantitative estimate of drug-likeness (QED) is 0.791. The first kappa shape index (κ1) is 12.0. The predicted octanol–water partition coefficient (Wildman–Crippen LogP) is 3.32. The van der Waals surface area contributed by atoms with Crippen molar-refractivity contribution in [2.75, 3.05) is 18.4 Å². The van der Waals surface area contributed by atoms with Crippen molar-refractivity contribution in [2.24, 2.45) is 0 Å². The second-order valence-electron chi connectivity index (χ2n) is 4.73. The molecule has 1 aromatic rings. The van der Waals surface area contributed by atoms with Crippen LogP contribution in [-0.4, -0.2) is 24.0 Å². The molecule has 0 unspecified atom stereocenters. The van der Waals surface area contributed by atoms with Crippen molar-refractivity contribution >= 4 is 11.7 Å². The molecule has 0 atom stereocenters. The highest BCUT2D eigenvalue weighted by atomic mass is 16.2. The molecule has 0 radical (unpaired) electrons. The first-order valence-electron chi connectivity index (χ1n) is 6.30. The van der Waals surface area contributed by atoms with Gasteiger partial charge in [0.2, 0.25) is 0 Å². The standard InChI is InChI=1S/C14H20N2O/c1-11-7-6-8-13(12(11)2)15-14(17)16-9-4-3-5-10-16/h6-8H,3-5,9-10H2,1-2H3,(H,15,17). The lowest BCUT2D eigenvalue weighted by Gasteiger charge is -2.27. The Balaban J connectivity index is 2.04. The molecule has 3 heteroatoms. The van der Waals surface area contributed by atoms with Gasteiger partial charge >= 0.3 is 6.03 Å². The van der Waals surface area contributed by atoms with E-state index in [1.165, 1.54) is 12.0 Å². The minimum Gasteiger partial charge on any atom is -0.325 e. The molecule has 1 fully saturated rings. The van der Waals surface area contributed by atoms with Crippen LogP contribution in [0.25, 0.3) is 0 Å². The monoisotopic (exact) mass is 232 g/mol. The van der Waals surface area contributed by atoms with Gasteiger partial charge < -0.3 is 10.2 Å². The number of nitrogens with zero attached hydrogens (tertiary/aromatic N) is 1. The molecule has 3 nitrogen and oxygen atoms in total. The van der Waals surface area contributed by atoms with Crippen LogP contribution >= 0.6 is 0 Å². The molecule has 1 aliphatic rings. The van der Waals surface area contributed by atoms with Crippen molar-refractivity contribution in [3.8, 4) is 0 Å². The summed E-state index contributed by atoms with van der Waals surface area (Å²) in [6, 6.07) is 6.04. The third kappa shape index (κ3) is 2.78. The highest BCUT2D eigenvalue weighted by Crippen LogP contribution is 2.19. The third-order valence-electron chi connectivity index (χ3n) is 3.49. The number of carbonyl (C=O) groups is 1. The van der Waals surface area contributed by atoms with E-state index >= 15 is 0 Å². The Hall–Kier alpha value is -1.51. The lowest BCUT2D eigenvalue weighted by atomic mass is 10.1. The van der Waals surface area contributed by atoms with Gasteiger partial charge in [-0.25, -0.2) is 4.79 Å². The SMILES string of the molecule is Cc1cccc(NC(=O)N2CCCCC2)c1C. The number of anilines is 1. The van der Waals surface area contributed by atoms with Crippen LogP contribution in [0.3, 0.4) is 0 Å². The minimum atomic E-state index is 0.0402. The van der Waals surface area contributed by atoms with E-state index in [-0.39, 0.29) is 6.03 Å². The summed E-state index contributed by atoms with van der Waals surface area (Å²) in [5.74, 6) is 0. The zero-order chi connectivity index (χ0) is 12.3. The number of urea groups is 1. The zero-order valence-corrected chi connectivity index (χ0v) is 10.6. The van der Waals surface area contributed by atoms with Gasteiger partial charge in [-0.2, -0.15) is 0 Å². The van der Waals surface area contributed by atoms with Crippen LogP contribution < -0.4 is 5.32 Å². The zero-order valence-electron chi connectivity index (χ0n) is 10.6. The molecule has 17 heavy (non-hydrogen) atoms. The van der Waals surface area contributed by atoms with Gasteiger partial charge in [0, 0.05) is 18.8 Å². The van der Waals surface area contributed by atoms with Gasteiger partial charge in [-0.05, 0) is 50.3 Å². The molecule has 0 spiro atoms. The topological polar surface area (TPSA) is 32.3 Å². The molecule has 92 valence electrons. The van der Waals surface area contributed by atoms with Crippen molar-refractivity contribution < 1.29 is 4.79 Å². The Labute approximate surface area is 103 Å². The molecule has 0 aliphatic carbocycles. The number of hydrogen-bond donors (Lipinski definition) is 1. The first-order valence-corrected chi connectivity index (χ1v) is 6.30. The van der Waals surface area contributed by atoms with E-state index in [9.17, 15) is 4.79 Å². The van der Waals surface area contributed by atoms with Crippen LogP contribution in [0.5, 0.6) is 0 Å². The van der Waals surface area contributed by atoms with E-state index in [2.05, 4.69) is 18.3 Å². The highest BCUT2D eigenvalue weighted by molar-refractivity contribution is 5.90. The van der Waals surface area contributed by atoms with E-state index in [1.54, 1.807) is 0 Å². The largest absolute Gasteiger partial charge is 0.325 e. The molecule has 0 saturated carbocycles. The van der Waals surface area contributed by atoms with E-state index in [4.69, 9.17) is 0 Å². The Kier molecular flexibility index (Phi) is 3.67. The summed E-state index contributed by atoms with van der Waals surface area (Å²) in [6.07, 6.45) is 3.49. The fourth-order valence-electron chi connectivity index (χ4n) is 2.18. The Morgan fingerprint density at radius 3 is 2.59 bits per heavy atom. The lowest BCUT2D eigenvalue weighted by molar-refractivity contribution is 0.200. The molecule has 1 N–H and O–H groups in total. The van der Waals surface area contributed by atoms with Crippen molar-refractivity contribution in [1.82, 2.24) is 4.90 Å². The van der Waals surface area contributed by atoms with Gasteiger partial charge in [0.05, 0.1) is 0 Å². The molecule has 0 bridgehead atoms. The van der Waals surface area contributed by atoms with E-state index in [1.807, 2.05) is 24.0 Å². The summed E-state index contributed by atoms with van der Waals surface area (Å²) in [6.45, 7) is 5.88. The smallest absolute Gasteiger partial charge is 0.321 e. The van der Waals surface area contributed by atoms with Gasteiger partial charge in [0.15, 0.2) is 0 Å². The Morgan fingerprint density at radius 1 is 1.18 bits per heavy atom. The maximum atomic E-state index is 12.0. The average molecular weight is 232 g/mol. The summed E-state index contributed by atoms with van der Waals surface area (Å²) < 4.78 is 0. The number of nitrogens with one attached hydrogen (secondary N) is 1. The fraction of sp³-hybridized carbons (Fsp3) is 0.500. The van der Waals surface area contributed by atoms with Crippen molar-refractivity contribution in [1.29, 1.82) is 0 Å². The molecular weight excluding hydrogens is 212 g/mol. The Bertz CT molecular complexity index is 409. The maximum Gasteiger partial charge on any atom is 0.321 e. The number of carbonyl (C=O) groups excluding carboxylic acids is 1. The van der Waals surface area contributed by atoms with Gasteiger partial charge in [0.25, 0.3) is 0 Å². The van der Waals surface area contributed by atoms with Crippen LogP contribution in [0.4, 0.5) is 10.5 Å². The number of rotatable bonds is 1. The molecule has 1 saturated heterocycles. The van der Waals surface area contributed by atoms with Gasteiger partial charge in [-0.15, -0.1) is 0 Å². The van der Waals surface area contributed by atoms with E-state index in [0.29, 0.717) is 0 Å². The molecule has 0 aromatic heterocycles. The van der Waals surface area contributed by atoms with Crippen LogP contribution in [0.15, 0.2) is 18.2 Å². The van der Waals surface area contributed by atoms with E-state index in [0.717, 1.165) is 37.2 Å². The van der Waals surface area contributed by atoms with Crippen LogP contribution in [0, 0.1) is 13.8 Å². The molecule has 1 aliphatic heterocycles. The summed E-state index contributed by atoms with van der Waals surface area (Å²) in [5.41, 5.74) is 3.29. The number of amides is 2. The average Bonchev–Trinajstić information content (AvgIpc) is 2.36. The summed E-state index contributed by atoms with van der Waals surface area (Å²) in [7, 11) is 0. The predicted molar refractivity (Wildman–Crippen MR) is 70.4 cm³/mol. The maximum absolute atomic E-state index is 12.0. The highest BCUT2D eigenvalue weighted by Gasteiger charge is 2.16. The van der Waals surface area contributed by atoms with E-state index < -0.39 is 0 Å². The molecule has 2 rings (SSSR count). The van der Waals surface area contributed by atoms with Crippen LogP contribution in [0.1, 0.15) is 30.4 Å². The fourth-order valence-corrected chi connectivity index (χ4v) is 2.18. The Morgan fingerprint density at radius 2 is 1.88 bits per heavy atom. The third-order valence-corrected chi connectivity index (χ3v) is 3.49. The molecule has 1 aromatic carbocycles. The number of piperidine rings is 1. The van der Waals surface area contributed by atoms with Crippen molar-refractivity contribution in [2.45, 2.75) is 33.1 Å². The first-order chi connectivity index (χ1) is 8.18. The van der Waals surface area contributed by atoms with Gasteiger partial charge in [0.1, 0.15) is 0 Å². The number of hydrogen-bond acceptors (Lipinski definition) is 1. The van der Waals surface area contributed by atoms with Crippen LogP contribution in [0.2, 0.25) is 0 Å². The van der Waals surface area contributed by atoms with Crippen molar-refractivity contribution in [3.05, 3.63) is 29.3 Å². The van der Waals surface area contributed by atoms with Crippen molar-refractivity contribution in [3.63, 3.8) is 0 Å². The summed E-state index contributed by atoms with van der Waals surface area (Å²) in [4.78, 5) is 14.0. The second kappa shape index (κ2) is 5.21. The van der Waals surface area contributed by atoms with Gasteiger partial charge in [-0.1, -0.05) is 12.1 Å². The van der Waals surface area contributed by atoms with Gasteiger partial charge in [-0.3, -0.25) is 0 Å². The molecule has 1 heterocycles. The number of benzene rings is 1. The normalized spacial score (nSPS) is 15.8. The minimum absolute atomic E-state index is 0.0402. The molecular formula is C14H20N2O. The summed E-state index contributed by atoms with van der Waals surface area (Å²) >= 11 is 0. The number of likely N-dealkylation sites (tertiary alicyclic amines) is 1. The molecule has 2 amide bonds. The lowest BCUT2D eigenvalue weighted by Crippen LogP contribution is -2.38. The number of aryl methyl sites for hydroxylation is 1. The van der Waals surface area contributed by atoms with Crippen LogP contribution in [-0.2, 0) is 0 Å². The summed E-state index contributed by atoms with van der Waals surface area (Å²) in [5, 5.41) is 3.01.